The third kappa shape index (κ3) is 1.76. The number of halogens is 1. The lowest BCUT2D eigenvalue weighted by atomic mass is 9.92. The van der Waals surface area contributed by atoms with Crippen molar-refractivity contribution in [2.75, 3.05) is 6.61 Å². The molecule has 11 heavy (non-hydrogen) atoms. The van der Waals surface area contributed by atoms with Gasteiger partial charge in [-0.05, 0) is 23.7 Å². The van der Waals surface area contributed by atoms with Crippen LogP contribution in [0, 0.1) is 0 Å². The first-order chi connectivity index (χ1) is 5.06. The van der Waals surface area contributed by atoms with Gasteiger partial charge in [0.15, 0.2) is 5.22 Å². The summed E-state index contributed by atoms with van der Waals surface area (Å²) < 4.78 is 5.14. The Morgan fingerprint density at radius 1 is 1.55 bits per heavy atom. The van der Waals surface area contributed by atoms with E-state index in [0.717, 1.165) is 0 Å². The molecule has 62 valence electrons. The summed E-state index contributed by atoms with van der Waals surface area (Å²) >= 11 is 5.58. The van der Waals surface area contributed by atoms with Crippen molar-refractivity contribution in [1.82, 2.24) is 0 Å². The van der Waals surface area contributed by atoms with Crippen molar-refractivity contribution in [2.24, 2.45) is 0 Å². The van der Waals surface area contributed by atoms with E-state index in [4.69, 9.17) is 21.1 Å². The lowest BCUT2D eigenvalue weighted by Crippen LogP contribution is -2.20. The van der Waals surface area contributed by atoms with Crippen molar-refractivity contribution >= 4 is 11.6 Å². The van der Waals surface area contributed by atoms with Gasteiger partial charge in [0.25, 0.3) is 0 Å². The van der Waals surface area contributed by atoms with Gasteiger partial charge < -0.3 is 9.52 Å². The molecule has 0 saturated heterocycles. The molecule has 0 fully saturated rings. The Balaban J connectivity index is 2.92. The van der Waals surface area contributed by atoms with E-state index >= 15 is 0 Å². The number of aliphatic hydroxyl groups is 1. The molecule has 0 saturated carbocycles. The van der Waals surface area contributed by atoms with Gasteiger partial charge in [0, 0.05) is 5.41 Å². The van der Waals surface area contributed by atoms with E-state index in [-0.39, 0.29) is 12.0 Å². The van der Waals surface area contributed by atoms with Crippen LogP contribution < -0.4 is 0 Å². The van der Waals surface area contributed by atoms with E-state index in [2.05, 4.69) is 0 Å². The average molecular weight is 175 g/mol. The first kappa shape index (κ1) is 8.62. The van der Waals surface area contributed by atoms with Gasteiger partial charge in [0.1, 0.15) is 5.76 Å². The van der Waals surface area contributed by atoms with Crippen molar-refractivity contribution in [3.63, 3.8) is 0 Å². The fourth-order valence-electron chi connectivity index (χ4n) is 0.756. The van der Waals surface area contributed by atoms with Gasteiger partial charge in [-0.2, -0.15) is 0 Å². The zero-order chi connectivity index (χ0) is 8.48. The maximum absolute atomic E-state index is 8.95. The molecule has 0 radical (unpaired) electrons. The molecule has 3 heteroatoms. The zero-order valence-corrected chi connectivity index (χ0v) is 7.35. The van der Waals surface area contributed by atoms with E-state index in [1.807, 2.05) is 13.8 Å². The second-order valence-corrected chi connectivity index (χ2v) is 3.52. The molecule has 1 heterocycles. The molecule has 0 amide bonds. The first-order valence-corrected chi connectivity index (χ1v) is 3.81. The molecule has 1 N–H and O–H groups in total. The van der Waals surface area contributed by atoms with E-state index in [9.17, 15) is 0 Å². The van der Waals surface area contributed by atoms with Crippen molar-refractivity contribution in [1.29, 1.82) is 0 Å². The normalized spacial score (nSPS) is 12.0. The molecule has 1 aromatic rings. The van der Waals surface area contributed by atoms with Gasteiger partial charge in [-0.15, -0.1) is 0 Å². The van der Waals surface area contributed by atoms with Crippen LogP contribution in [0.2, 0.25) is 5.22 Å². The van der Waals surface area contributed by atoms with Crippen LogP contribution in [0.4, 0.5) is 0 Å². The highest BCUT2D eigenvalue weighted by Gasteiger charge is 2.22. The molecule has 0 aliphatic rings. The van der Waals surface area contributed by atoms with Crippen LogP contribution in [0.1, 0.15) is 19.6 Å². The van der Waals surface area contributed by atoms with Gasteiger partial charge in [0.05, 0.1) is 6.61 Å². The van der Waals surface area contributed by atoms with Crippen LogP contribution >= 0.6 is 11.6 Å². The fraction of sp³-hybridized carbons (Fsp3) is 0.500. The van der Waals surface area contributed by atoms with Gasteiger partial charge in [0.2, 0.25) is 0 Å². The smallest absolute Gasteiger partial charge is 0.193 e. The molecule has 0 unspecified atom stereocenters. The largest absolute Gasteiger partial charge is 0.449 e. The van der Waals surface area contributed by atoms with Crippen LogP contribution in [-0.4, -0.2) is 11.7 Å². The molecule has 0 atom stereocenters. The van der Waals surface area contributed by atoms with Crippen LogP contribution in [0.3, 0.4) is 0 Å². The molecule has 0 aromatic carbocycles. The lowest BCUT2D eigenvalue weighted by Gasteiger charge is -2.17. The van der Waals surface area contributed by atoms with Crippen molar-refractivity contribution in [2.45, 2.75) is 19.3 Å². The summed E-state index contributed by atoms with van der Waals surface area (Å²) in [5.41, 5.74) is -0.340. The Kier molecular flexibility index (Phi) is 2.25. The van der Waals surface area contributed by atoms with Gasteiger partial charge >= 0.3 is 0 Å². The molecule has 0 aliphatic carbocycles. The summed E-state index contributed by atoms with van der Waals surface area (Å²) in [6, 6.07) is 3.45. The Morgan fingerprint density at radius 2 is 2.18 bits per heavy atom. The number of hydrogen-bond donors (Lipinski definition) is 1. The maximum Gasteiger partial charge on any atom is 0.193 e. The Labute approximate surface area is 70.8 Å². The highest BCUT2D eigenvalue weighted by atomic mass is 35.5. The van der Waals surface area contributed by atoms with Crippen LogP contribution in [0.25, 0.3) is 0 Å². The van der Waals surface area contributed by atoms with Gasteiger partial charge in [-0.1, -0.05) is 13.8 Å². The maximum atomic E-state index is 8.95. The minimum atomic E-state index is -0.340. The number of furan rings is 1. The topological polar surface area (TPSA) is 33.4 Å². The van der Waals surface area contributed by atoms with Gasteiger partial charge in [-0.25, -0.2) is 0 Å². The SMILES string of the molecule is CC(C)(CO)c1ccc(Cl)o1. The zero-order valence-electron chi connectivity index (χ0n) is 6.60. The summed E-state index contributed by atoms with van der Waals surface area (Å²) in [5, 5.41) is 9.32. The van der Waals surface area contributed by atoms with Crippen molar-refractivity contribution < 1.29 is 9.52 Å². The molecular formula is C8H11ClO2. The summed E-state index contributed by atoms with van der Waals surface area (Å²) in [6.07, 6.45) is 0. The minimum Gasteiger partial charge on any atom is -0.449 e. The minimum absolute atomic E-state index is 0.0524. The summed E-state index contributed by atoms with van der Waals surface area (Å²) in [7, 11) is 0. The number of aliphatic hydroxyl groups excluding tert-OH is 1. The summed E-state index contributed by atoms with van der Waals surface area (Å²) in [5.74, 6) is 0.713. The summed E-state index contributed by atoms with van der Waals surface area (Å²) in [6.45, 7) is 3.83. The lowest BCUT2D eigenvalue weighted by molar-refractivity contribution is 0.197. The molecule has 0 aliphatic heterocycles. The second-order valence-electron chi connectivity index (χ2n) is 3.15. The molecule has 2 nitrogen and oxygen atoms in total. The van der Waals surface area contributed by atoms with E-state index in [1.54, 1.807) is 12.1 Å². The average Bonchev–Trinajstić information content (AvgIpc) is 2.36. The molecule has 1 aromatic heterocycles. The Hall–Kier alpha value is -0.470. The van der Waals surface area contributed by atoms with E-state index in [1.165, 1.54) is 0 Å². The molecule has 0 spiro atoms. The number of rotatable bonds is 2. The van der Waals surface area contributed by atoms with Crippen LogP contribution in [0.15, 0.2) is 16.5 Å². The third-order valence-corrected chi connectivity index (χ3v) is 1.84. The predicted octanol–water partition coefficient (Wildman–Crippen LogP) is 2.20. The first-order valence-electron chi connectivity index (χ1n) is 3.43. The number of hydrogen-bond acceptors (Lipinski definition) is 2. The fourth-order valence-corrected chi connectivity index (χ4v) is 0.902. The van der Waals surface area contributed by atoms with E-state index in [0.29, 0.717) is 11.0 Å². The van der Waals surface area contributed by atoms with Crippen molar-refractivity contribution in [3.05, 3.63) is 23.1 Å². The predicted molar refractivity (Wildman–Crippen MR) is 43.8 cm³/mol. The standard InChI is InChI=1S/C8H11ClO2/c1-8(2,5-10)6-3-4-7(9)11-6/h3-4,10H,5H2,1-2H3. The molecular weight excluding hydrogens is 164 g/mol. The van der Waals surface area contributed by atoms with Crippen LogP contribution in [-0.2, 0) is 5.41 Å². The highest BCUT2D eigenvalue weighted by molar-refractivity contribution is 6.28. The molecule has 0 bridgehead atoms. The van der Waals surface area contributed by atoms with Crippen molar-refractivity contribution in [3.8, 4) is 0 Å². The third-order valence-electron chi connectivity index (χ3n) is 1.64. The molecule has 1 rings (SSSR count). The van der Waals surface area contributed by atoms with Crippen LogP contribution in [0.5, 0.6) is 0 Å². The van der Waals surface area contributed by atoms with Gasteiger partial charge in [-0.3, -0.25) is 0 Å². The monoisotopic (exact) mass is 174 g/mol. The highest BCUT2D eigenvalue weighted by Crippen LogP contribution is 2.26. The van der Waals surface area contributed by atoms with E-state index < -0.39 is 0 Å². The summed E-state index contributed by atoms with van der Waals surface area (Å²) in [4.78, 5) is 0. The second kappa shape index (κ2) is 2.88. The Morgan fingerprint density at radius 3 is 2.55 bits per heavy atom. The quantitative estimate of drug-likeness (QED) is 0.746. The Bertz CT molecular complexity index is 240.